The van der Waals surface area contributed by atoms with Crippen LogP contribution in [0.15, 0.2) is 24.3 Å². The number of carbonyl (C=O) groups is 1. The maximum absolute atomic E-state index is 11.3. The van der Waals surface area contributed by atoms with Gasteiger partial charge in [0.05, 0.1) is 13.0 Å². The van der Waals surface area contributed by atoms with Gasteiger partial charge in [-0.25, -0.2) is 0 Å². The first-order valence-corrected chi connectivity index (χ1v) is 5.91. The Morgan fingerprint density at radius 1 is 1.29 bits per heavy atom. The summed E-state index contributed by atoms with van der Waals surface area (Å²) in [5.74, 6) is -0.306. The van der Waals surface area contributed by atoms with E-state index in [2.05, 4.69) is 36.5 Å². The summed E-state index contributed by atoms with van der Waals surface area (Å²) in [5.41, 5.74) is 2.48. The minimum atomic E-state index is -0.172. The molecule has 0 radical (unpaired) electrons. The first-order valence-electron chi connectivity index (χ1n) is 5.91. The molecule has 0 saturated carbocycles. The molecule has 1 N–H and O–H groups in total. The first kappa shape index (κ1) is 13.7. The zero-order valence-electron chi connectivity index (χ0n) is 11.0. The molecule has 2 atom stereocenters. The van der Waals surface area contributed by atoms with Crippen LogP contribution in [-0.4, -0.2) is 19.1 Å². The largest absolute Gasteiger partial charge is 0.469 e. The fourth-order valence-electron chi connectivity index (χ4n) is 1.55. The van der Waals surface area contributed by atoms with Crippen molar-refractivity contribution in [1.29, 1.82) is 0 Å². The van der Waals surface area contributed by atoms with Crippen LogP contribution in [-0.2, 0) is 16.1 Å². The van der Waals surface area contributed by atoms with Gasteiger partial charge in [0, 0.05) is 12.6 Å². The van der Waals surface area contributed by atoms with Gasteiger partial charge in [0.1, 0.15) is 0 Å². The van der Waals surface area contributed by atoms with Crippen LogP contribution in [0.4, 0.5) is 0 Å². The molecule has 1 rings (SSSR count). The zero-order valence-corrected chi connectivity index (χ0v) is 11.0. The highest BCUT2D eigenvalue weighted by Crippen LogP contribution is 2.07. The molecule has 0 saturated heterocycles. The monoisotopic (exact) mass is 235 g/mol. The lowest BCUT2D eigenvalue weighted by Gasteiger charge is -2.19. The third-order valence-corrected chi connectivity index (χ3v) is 3.07. The third-order valence-electron chi connectivity index (χ3n) is 3.07. The number of aryl methyl sites for hydroxylation is 1. The van der Waals surface area contributed by atoms with Gasteiger partial charge in [0.15, 0.2) is 0 Å². The topological polar surface area (TPSA) is 38.3 Å². The van der Waals surface area contributed by atoms with E-state index < -0.39 is 0 Å². The van der Waals surface area contributed by atoms with Gasteiger partial charge in [-0.05, 0) is 19.4 Å². The second kappa shape index (κ2) is 6.40. The summed E-state index contributed by atoms with van der Waals surface area (Å²) in [6.45, 7) is 6.70. The molecular formula is C14H21NO2. The maximum atomic E-state index is 11.3. The van der Waals surface area contributed by atoms with Gasteiger partial charge in [-0.15, -0.1) is 0 Å². The number of rotatable bonds is 5. The number of esters is 1. The number of hydrogen-bond acceptors (Lipinski definition) is 3. The molecule has 1 aromatic carbocycles. The molecule has 0 spiro atoms. The summed E-state index contributed by atoms with van der Waals surface area (Å²) in [7, 11) is 1.42. The van der Waals surface area contributed by atoms with Crippen LogP contribution in [0.1, 0.15) is 25.0 Å². The normalized spacial score (nSPS) is 14.1. The van der Waals surface area contributed by atoms with Gasteiger partial charge in [-0.3, -0.25) is 4.79 Å². The fraction of sp³-hybridized carbons (Fsp3) is 0.500. The molecule has 94 valence electrons. The highest BCUT2D eigenvalue weighted by atomic mass is 16.5. The molecule has 0 aliphatic heterocycles. The molecular weight excluding hydrogens is 214 g/mol. The number of ether oxygens (including phenoxy) is 1. The van der Waals surface area contributed by atoms with Gasteiger partial charge in [0.2, 0.25) is 0 Å². The molecule has 0 aliphatic rings. The summed E-state index contributed by atoms with van der Waals surface area (Å²) in [6.07, 6.45) is 0. The van der Waals surface area contributed by atoms with Crippen LogP contribution in [0.2, 0.25) is 0 Å². The Hall–Kier alpha value is -1.35. The summed E-state index contributed by atoms with van der Waals surface area (Å²) in [5, 5.41) is 3.33. The lowest BCUT2D eigenvalue weighted by molar-refractivity contribution is -0.145. The Labute approximate surface area is 103 Å². The quantitative estimate of drug-likeness (QED) is 0.796. The number of nitrogens with one attached hydrogen (secondary N) is 1. The van der Waals surface area contributed by atoms with E-state index in [0.717, 1.165) is 6.54 Å². The molecule has 3 nitrogen and oxygen atoms in total. The van der Waals surface area contributed by atoms with E-state index in [1.165, 1.54) is 18.2 Å². The van der Waals surface area contributed by atoms with Crippen molar-refractivity contribution in [3.8, 4) is 0 Å². The van der Waals surface area contributed by atoms with E-state index in [-0.39, 0.29) is 17.9 Å². The summed E-state index contributed by atoms with van der Waals surface area (Å²) in [4.78, 5) is 11.3. The minimum absolute atomic E-state index is 0.101. The van der Waals surface area contributed by atoms with Gasteiger partial charge in [0.25, 0.3) is 0 Å². The molecule has 3 heteroatoms. The predicted molar refractivity (Wildman–Crippen MR) is 68.7 cm³/mol. The van der Waals surface area contributed by atoms with E-state index in [1.54, 1.807) is 0 Å². The fourth-order valence-corrected chi connectivity index (χ4v) is 1.55. The number of hydrogen-bond donors (Lipinski definition) is 1. The van der Waals surface area contributed by atoms with E-state index >= 15 is 0 Å². The van der Waals surface area contributed by atoms with E-state index in [4.69, 9.17) is 4.74 Å². The maximum Gasteiger partial charge on any atom is 0.309 e. The van der Waals surface area contributed by atoms with Crippen molar-refractivity contribution in [1.82, 2.24) is 5.32 Å². The second-order valence-electron chi connectivity index (χ2n) is 4.47. The average Bonchev–Trinajstić information content (AvgIpc) is 2.35. The van der Waals surface area contributed by atoms with Gasteiger partial charge >= 0.3 is 5.97 Å². The number of carbonyl (C=O) groups excluding carboxylic acids is 1. The van der Waals surface area contributed by atoms with Gasteiger partial charge < -0.3 is 10.1 Å². The van der Waals surface area contributed by atoms with Crippen molar-refractivity contribution in [2.45, 2.75) is 33.4 Å². The van der Waals surface area contributed by atoms with Crippen molar-refractivity contribution in [3.63, 3.8) is 0 Å². The lowest BCUT2D eigenvalue weighted by Crippen LogP contribution is -2.36. The molecule has 1 aromatic rings. The Bertz CT molecular complexity index is 359. The van der Waals surface area contributed by atoms with E-state index in [9.17, 15) is 4.79 Å². The van der Waals surface area contributed by atoms with Crippen LogP contribution in [0, 0.1) is 12.8 Å². The Morgan fingerprint density at radius 3 is 2.41 bits per heavy atom. The molecule has 0 aromatic heterocycles. The zero-order chi connectivity index (χ0) is 12.8. The highest BCUT2D eigenvalue weighted by molar-refractivity contribution is 5.72. The number of benzene rings is 1. The van der Waals surface area contributed by atoms with Crippen LogP contribution >= 0.6 is 0 Å². The molecule has 0 heterocycles. The molecule has 0 bridgehead atoms. The second-order valence-corrected chi connectivity index (χ2v) is 4.47. The number of methoxy groups -OCH3 is 1. The molecule has 0 fully saturated rings. The average molecular weight is 235 g/mol. The van der Waals surface area contributed by atoms with Crippen LogP contribution in [0.3, 0.4) is 0 Å². The molecule has 0 aliphatic carbocycles. The first-order chi connectivity index (χ1) is 8.04. The van der Waals surface area contributed by atoms with Crippen LogP contribution in [0.5, 0.6) is 0 Å². The highest BCUT2D eigenvalue weighted by Gasteiger charge is 2.19. The lowest BCUT2D eigenvalue weighted by atomic mass is 10.0. The van der Waals surface area contributed by atoms with Gasteiger partial charge in [-0.1, -0.05) is 36.8 Å². The minimum Gasteiger partial charge on any atom is -0.469 e. The molecule has 17 heavy (non-hydrogen) atoms. The molecule has 2 unspecified atom stereocenters. The van der Waals surface area contributed by atoms with Crippen molar-refractivity contribution in [2.75, 3.05) is 7.11 Å². The standard InChI is InChI=1S/C14H21NO2/c1-10-5-7-13(8-6-10)9-15-12(3)11(2)14(16)17-4/h5-8,11-12,15H,9H2,1-4H3. The van der Waals surface area contributed by atoms with E-state index in [1.807, 2.05) is 13.8 Å². The summed E-state index contributed by atoms with van der Waals surface area (Å²) >= 11 is 0. The van der Waals surface area contributed by atoms with Crippen LogP contribution in [0.25, 0.3) is 0 Å². The predicted octanol–water partition coefficient (Wildman–Crippen LogP) is 2.28. The molecule has 0 amide bonds. The van der Waals surface area contributed by atoms with Gasteiger partial charge in [-0.2, -0.15) is 0 Å². The van der Waals surface area contributed by atoms with Crippen molar-refractivity contribution >= 4 is 5.97 Å². The van der Waals surface area contributed by atoms with Crippen molar-refractivity contribution in [3.05, 3.63) is 35.4 Å². The van der Waals surface area contributed by atoms with Crippen molar-refractivity contribution < 1.29 is 9.53 Å². The van der Waals surface area contributed by atoms with Crippen molar-refractivity contribution in [2.24, 2.45) is 5.92 Å². The summed E-state index contributed by atoms with van der Waals surface area (Å²) < 4.78 is 4.72. The Balaban J connectivity index is 2.45. The SMILES string of the molecule is COC(=O)C(C)C(C)NCc1ccc(C)cc1. The smallest absolute Gasteiger partial charge is 0.309 e. The Kier molecular flexibility index (Phi) is 5.16. The van der Waals surface area contributed by atoms with Crippen LogP contribution < -0.4 is 5.32 Å². The summed E-state index contributed by atoms with van der Waals surface area (Å²) in [6, 6.07) is 8.47. The third kappa shape index (κ3) is 4.19. The van der Waals surface area contributed by atoms with E-state index in [0.29, 0.717) is 0 Å². The Morgan fingerprint density at radius 2 is 1.88 bits per heavy atom.